The predicted molar refractivity (Wildman–Crippen MR) is 49.9 cm³/mol. The highest BCUT2D eigenvalue weighted by molar-refractivity contribution is 5.80. The molecule has 0 aromatic heterocycles. The Morgan fingerprint density at radius 3 is 3.07 bits per heavy atom. The first-order valence-corrected chi connectivity index (χ1v) is 4.44. The maximum atomic E-state index is 12.9. The van der Waals surface area contributed by atoms with E-state index in [9.17, 15) is 9.18 Å². The van der Waals surface area contributed by atoms with E-state index >= 15 is 0 Å². The van der Waals surface area contributed by atoms with Crippen LogP contribution in [-0.4, -0.2) is 17.6 Å². The van der Waals surface area contributed by atoms with E-state index in [2.05, 4.69) is 5.32 Å². The fourth-order valence-corrected chi connectivity index (χ4v) is 1.75. The molecule has 74 valence electrons. The maximum absolute atomic E-state index is 12.9. The van der Waals surface area contributed by atoms with Crippen LogP contribution in [0.4, 0.5) is 10.1 Å². The second-order valence-electron chi connectivity index (χ2n) is 3.34. The van der Waals surface area contributed by atoms with Gasteiger partial charge in [-0.05, 0) is 30.2 Å². The van der Waals surface area contributed by atoms with Crippen LogP contribution in [0.25, 0.3) is 0 Å². The molecule has 4 heteroatoms. The number of halogens is 1. The summed E-state index contributed by atoms with van der Waals surface area (Å²) < 4.78 is 12.9. The van der Waals surface area contributed by atoms with E-state index in [-0.39, 0.29) is 0 Å². The zero-order valence-electron chi connectivity index (χ0n) is 7.46. The summed E-state index contributed by atoms with van der Waals surface area (Å²) in [6.45, 7) is 0.621. The van der Waals surface area contributed by atoms with Gasteiger partial charge >= 0.3 is 5.97 Å². The van der Waals surface area contributed by atoms with Gasteiger partial charge in [0.2, 0.25) is 0 Å². The van der Waals surface area contributed by atoms with Crippen LogP contribution in [0.15, 0.2) is 18.2 Å². The molecule has 3 nitrogen and oxygen atoms in total. The summed E-state index contributed by atoms with van der Waals surface area (Å²) in [5, 5.41) is 12.0. The Kier molecular flexibility index (Phi) is 2.11. The fraction of sp³-hybridized carbons (Fsp3) is 0.300. The van der Waals surface area contributed by atoms with E-state index in [1.807, 2.05) is 0 Å². The van der Waals surface area contributed by atoms with Gasteiger partial charge in [0.1, 0.15) is 5.82 Å². The van der Waals surface area contributed by atoms with E-state index in [4.69, 9.17) is 5.11 Å². The van der Waals surface area contributed by atoms with Gasteiger partial charge in [0.05, 0.1) is 5.92 Å². The molecule has 2 rings (SSSR count). The minimum atomic E-state index is -0.890. The van der Waals surface area contributed by atoms with Crippen LogP contribution in [0.2, 0.25) is 0 Å². The van der Waals surface area contributed by atoms with Crippen molar-refractivity contribution in [1.29, 1.82) is 0 Å². The summed E-state index contributed by atoms with van der Waals surface area (Å²) in [6, 6.07) is 4.20. The fourth-order valence-electron chi connectivity index (χ4n) is 1.75. The lowest BCUT2D eigenvalue weighted by atomic mass is 9.91. The Morgan fingerprint density at radius 2 is 2.36 bits per heavy atom. The number of hydrogen-bond donors (Lipinski definition) is 2. The molecule has 1 aliphatic heterocycles. The van der Waals surface area contributed by atoms with Gasteiger partial charge in [-0.15, -0.1) is 0 Å². The summed E-state index contributed by atoms with van der Waals surface area (Å²) in [4.78, 5) is 10.9. The second kappa shape index (κ2) is 3.29. The lowest BCUT2D eigenvalue weighted by Gasteiger charge is -2.23. The summed E-state index contributed by atoms with van der Waals surface area (Å²) in [7, 11) is 0. The van der Waals surface area contributed by atoms with Crippen molar-refractivity contribution in [3.8, 4) is 0 Å². The van der Waals surface area contributed by atoms with Crippen molar-refractivity contribution in [3.05, 3.63) is 29.6 Å². The Hall–Kier alpha value is -1.58. The molecule has 1 aromatic rings. The number of rotatable bonds is 1. The average Bonchev–Trinajstić information content (AvgIpc) is 2.16. The van der Waals surface area contributed by atoms with Gasteiger partial charge in [-0.25, -0.2) is 4.39 Å². The van der Waals surface area contributed by atoms with Crippen LogP contribution in [0.3, 0.4) is 0 Å². The van der Waals surface area contributed by atoms with Crippen molar-refractivity contribution >= 4 is 11.7 Å². The van der Waals surface area contributed by atoms with Gasteiger partial charge in [-0.1, -0.05) is 0 Å². The van der Waals surface area contributed by atoms with E-state index in [1.165, 1.54) is 12.1 Å². The minimum Gasteiger partial charge on any atom is -0.481 e. The number of carboxylic acids is 1. The van der Waals surface area contributed by atoms with E-state index in [0.29, 0.717) is 18.5 Å². The lowest BCUT2D eigenvalue weighted by Crippen LogP contribution is -2.22. The number of anilines is 1. The zero-order chi connectivity index (χ0) is 10.1. The van der Waals surface area contributed by atoms with Gasteiger partial charge in [0.25, 0.3) is 0 Å². The molecule has 1 atom stereocenters. The number of fused-ring (bicyclic) bond motifs is 1. The molecule has 14 heavy (non-hydrogen) atoms. The highest BCUT2D eigenvalue weighted by atomic mass is 19.1. The largest absolute Gasteiger partial charge is 0.481 e. The Bertz CT molecular complexity index is 378. The van der Waals surface area contributed by atoms with Crippen molar-refractivity contribution < 1.29 is 14.3 Å². The van der Waals surface area contributed by atoms with Crippen molar-refractivity contribution in [3.63, 3.8) is 0 Å². The molecule has 0 saturated carbocycles. The van der Waals surface area contributed by atoms with Crippen LogP contribution in [0.5, 0.6) is 0 Å². The van der Waals surface area contributed by atoms with Crippen LogP contribution >= 0.6 is 0 Å². The topological polar surface area (TPSA) is 49.3 Å². The normalized spacial score (nSPS) is 19.6. The number of aliphatic carboxylic acids is 1. The molecule has 0 bridgehead atoms. The first-order valence-electron chi connectivity index (χ1n) is 4.44. The molecule has 0 fully saturated rings. The van der Waals surface area contributed by atoms with Crippen LogP contribution < -0.4 is 5.32 Å². The molecule has 1 unspecified atom stereocenters. The summed E-state index contributed by atoms with van der Waals surface area (Å²) in [5.41, 5.74) is 1.27. The summed E-state index contributed by atoms with van der Waals surface area (Å²) >= 11 is 0. The number of hydrogen-bond acceptors (Lipinski definition) is 2. The smallest absolute Gasteiger partial charge is 0.311 e. The lowest BCUT2D eigenvalue weighted by molar-refractivity contribution is -0.138. The quantitative estimate of drug-likeness (QED) is 0.718. The average molecular weight is 195 g/mol. The van der Waals surface area contributed by atoms with Crippen molar-refractivity contribution in [1.82, 2.24) is 0 Å². The molecule has 0 saturated heterocycles. The van der Waals surface area contributed by atoms with Gasteiger partial charge in [0.15, 0.2) is 0 Å². The van der Waals surface area contributed by atoms with Crippen molar-refractivity contribution in [2.24, 2.45) is 0 Å². The molecule has 0 radical (unpaired) electrons. The van der Waals surface area contributed by atoms with Gasteiger partial charge in [0, 0.05) is 12.2 Å². The first-order chi connectivity index (χ1) is 6.68. The van der Waals surface area contributed by atoms with Crippen molar-refractivity contribution in [2.45, 2.75) is 12.3 Å². The number of carbonyl (C=O) groups is 1. The van der Waals surface area contributed by atoms with Gasteiger partial charge in [-0.3, -0.25) is 4.79 Å². The van der Waals surface area contributed by atoms with Crippen LogP contribution in [0, 0.1) is 5.82 Å². The Balaban J connectivity index is 2.46. The van der Waals surface area contributed by atoms with E-state index in [1.54, 1.807) is 6.07 Å². The van der Waals surface area contributed by atoms with Gasteiger partial charge < -0.3 is 10.4 Å². The molecule has 1 aromatic carbocycles. The summed E-state index contributed by atoms with van der Waals surface area (Å²) in [5.74, 6) is -1.86. The summed E-state index contributed by atoms with van der Waals surface area (Å²) in [6.07, 6.45) is 0.506. The zero-order valence-corrected chi connectivity index (χ0v) is 7.46. The molecule has 0 aliphatic carbocycles. The number of benzene rings is 1. The van der Waals surface area contributed by atoms with E-state index < -0.39 is 17.7 Å². The molecule has 2 N–H and O–H groups in total. The Labute approximate surface area is 80.6 Å². The molecular weight excluding hydrogens is 185 g/mol. The Morgan fingerprint density at radius 1 is 1.57 bits per heavy atom. The second-order valence-corrected chi connectivity index (χ2v) is 3.34. The monoisotopic (exact) mass is 195 g/mol. The third-order valence-corrected chi connectivity index (χ3v) is 2.44. The number of carboxylic acid groups (broad SMARTS) is 1. The molecule has 1 heterocycles. The minimum absolute atomic E-state index is 0.390. The van der Waals surface area contributed by atoms with Crippen molar-refractivity contribution in [2.75, 3.05) is 11.9 Å². The van der Waals surface area contributed by atoms with Crippen LogP contribution in [0.1, 0.15) is 17.9 Å². The highest BCUT2D eigenvalue weighted by Gasteiger charge is 2.26. The molecule has 0 spiro atoms. The molecule has 1 aliphatic rings. The third-order valence-electron chi connectivity index (χ3n) is 2.44. The molecule has 0 amide bonds. The first kappa shape index (κ1) is 8.99. The van der Waals surface area contributed by atoms with Crippen LogP contribution in [-0.2, 0) is 4.79 Å². The maximum Gasteiger partial charge on any atom is 0.311 e. The van der Waals surface area contributed by atoms with E-state index in [0.717, 1.165) is 5.69 Å². The molecular formula is C10H10FNO2. The standard InChI is InChI=1S/C10H10FNO2/c11-6-1-2-9-8(5-6)7(10(13)14)3-4-12-9/h1-2,5,7,12H,3-4H2,(H,13,14). The SMILES string of the molecule is O=C(O)C1CCNc2ccc(F)cc21. The van der Waals surface area contributed by atoms with Gasteiger partial charge in [-0.2, -0.15) is 0 Å². The number of nitrogens with one attached hydrogen (secondary N) is 1. The third kappa shape index (κ3) is 1.43. The predicted octanol–water partition coefficient (Wildman–Crippen LogP) is 1.81. The highest BCUT2D eigenvalue weighted by Crippen LogP contribution is 2.31.